The monoisotopic (exact) mass is 354 g/mol. The zero-order valence-electron chi connectivity index (χ0n) is 12.6. The summed E-state index contributed by atoms with van der Waals surface area (Å²) in [4.78, 5) is 11.8. The number of amides is 1. The van der Waals surface area contributed by atoms with Gasteiger partial charge in [0.1, 0.15) is 16.6 Å². The minimum Gasteiger partial charge on any atom is -0.492 e. The second kappa shape index (κ2) is 8.09. The van der Waals surface area contributed by atoms with Crippen molar-refractivity contribution in [2.45, 2.75) is 4.21 Å². The van der Waals surface area contributed by atoms with Crippen LogP contribution in [0, 0.1) is 0 Å². The first-order valence-electron chi connectivity index (χ1n) is 6.94. The van der Waals surface area contributed by atoms with E-state index in [4.69, 9.17) is 4.74 Å². The highest BCUT2D eigenvalue weighted by Crippen LogP contribution is 2.19. The Labute approximate surface area is 139 Å². The Morgan fingerprint density at radius 1 is 1.22 bits per heavy atom. The summed E-state index contributed by atoms with van der Waals surface area (Å²) in [5.74, 6) is 0.350. The zero-order chi connectivity index (χ0) is 16.7. The van der Waals surface area contributed by atoms with Gasteiger partial charge >= 0.3 is 0 Å². The number of sulfonamides is 1. The van der Waals surface area contributed by atoms with Crippen LogP contribution in [0.15, 0.2) is 52.1 Å². The van der Waals surface area contributed by atoms with Gasteiger partial charge in [-0.1, -0.05) is 24.3 Å². The quantitative estimate of drug-likeness (QED) is 0.730. The molecule has 1 amide bonds. The van der Waals surface area contributed by atoms with Crippen molar-refractivity contribution in [3.05, 3.63) is 47.8 Å². The molecule has 2 rings (SSSR count). The van der Waals surface area contributed by atoms with Gasteiger partial charge in [-0.05, 0) is 23.6 Å². The van der Waals surface area contributed by atoms with Crippen molar-refractivity contribution < 1.29 is 17.9 Å². The van der Waals surface area contributed by atoms with E-state index in [1.807, 2.05) is 30.3 Å². The van der Waals surface area contributed by atoms with Crippen LogP contribution >= 0.6 is 11.3 Å². The third-order valence-electron chi connectivity index (χ3n) is 2.96. The molecular weight excluding hydrogens is 336 g/mol. The highest BCUT2D eigenvalue weighted by Gasteiger charge is 2.23. The summed E-state index contributed by atoms with van der Waals surface area (Å²) in [6, 6.07) is 12.4. The van der Waals surface area contributed by atoms with E-state index in [-0.39, 0.29) is 16.7 Å². The van der Waals surface area contributed by atoms with E-state index in [2.05, 4.69) is 5.32 Å². The molecule has 0 saturated carbocycles. The summed E-state index contributed by atoms with van der Waals surface area (Å²) in [5, 5.41) is 4.32. The molecule has 0 saturated heterocycles. The molecule has 0 fully saturated rings. The number of nitrogens with zero attached hydrogens (tertiary/aromatic N) is 1. The highest BCUT2D eigenvalue weighted by molar-refractivity contribution is 7.91. The Bertz CT molecular complexity index is 715. The fraction of sp³-hybridized carbons (Fsp3) is 0.267. The minimum absolute atomic E-state index is 0.222. The van der Waals surface area contributed by atoms with Gasteiger partial charge in [-0.2, -0.15) is 4.31 Å². The predicted molar refractivity (Wildman–Crippen MR) is 89.1 cm³/mol. The molecule has 124 valence electrons. The lowest BCUT2D eigenvalue weighted by Gasteiger charge is -2.15. The molecule has 6 nitrogen and oxygen atoms in total. The van der Waals surface area contributed by atoms with Gasteiger partial charge in [0, 0.05) is 7.05 Å². The Kier molecular flexibility index (Phi) is 6.14. The van der Waals surface area contributed by atoms with Crippen molar-refractivity contribution in [3.63, 3.8) is 0 Å². The van der Waals surface area contributed by atoms with Crippen LogP contribution in [0.5, 0.6) is 5.75 Å². The van der Waals surface area contributed by atoms with Crippen LogP contribution in [-0.4, -0.2) is 45.4 Å². The molecule has 0 radical (unpaired) electrons. The maximum Gasteiger partial charge on any atom is 0.252 e. The van der Waals surface area contributed by atoms with E-state index in [9.17, 15) is 13.2 Å². The van der Waals surface area contributed by atoms with Crippen LogP contribution in [0.3, 0.4) is 0 Å². The summed E-state index contributed by atoms with van der Waals surface area (Å²) in [7, 11) is -2.22. The van der Waals surface area contributed by atoms with Crippen LogP contribution < -0.4 is 10.1 Å². The minimum atomic E-state index is -3.60. The SMILES string of the molecule is CN(CC(=O)NCCOc1ccccc1)S(=O)(=O)c1cccs1. The van der Waals surface area contributed by atoms with Gasteiger partial charge < -0.3 is 10.1 Å². The Morgan fingerprint density at radius 2 is 1.96 bits per heavy atom. The number of carbonyl (C=O) groups is 1. The molecule has 1 N–H and O–H groups in total. The highest BCUT2D eigenvalue weighted by atomic mass is 32.2. The zero-order valence-corrected chi connectivity index (χ0v) is 14.3. The molecule has 0 bridgehead atoms. The van der Waals surface area contributed by atoms with Gasteiger partial charge in [-0.15, -0.1) is 11.3 Å². The van der Waals surface area contributed by atoms with Crippen LogP contribution in [0.25, 0.3) is 0 Å². The van der Waals surface area contributed by atoms with Crippen LogP contribution in [0.4, 0.5) is 0 Å². The first kappa shape index (κ1) is 17.5. The molecule has 0 aliphatic rings. The molecule has 1 aromatic heterocycles. The lowest BCUT2D eigenvalue weighted by atomic mass is 10.3. The van der Waals surface area contributed by atoms with Gasteiger partial charge in [-0.25, -0.2) is 8.42 Å². The Morgan fingerprint density at radius 3 is 2.61 bits per heavy atom. The number of hydrogen-bond acceptors (Lipinski definition) is 5. The molecule has 0 unspecified atom stereocenters. The van der Waals surface area contributed by atoms with Gasteiger partial charge in [0.2, 0.25) is 5.91 Å². The number of hydrogen-bond donors (Lipinski definition) is 1. The number of para-hydroxylation sites is 1. The fourth-order valence-corrected chi connectivity index (χ4v) is 4.11. The molecule has 0 aliphatic carbocycles. The van der Waals surface area contributed by atoms with Crippen molar-refractivity contribution in [1.29, 1.82) is 0 Å². The van der Waals surface area contributed by atoms with Crippen LogP contribution in [-0.2, 0) is 14.8 Å². The Balaban J connectivity index is 1.74. The molecule has 23 heavy (non-hydrogen) atoms. The van der Waals surface area contributed by atoms with Gasteiger partial charge in [0.25, 0.3) is 10.0 Å². The van der Waals surface area contributed by atoms with Crippen LogP contribution in [0.2, 0.25) is 0 Å². The topological polar surface area (TPSA) is 75.7 Å². The average Bonchev–Trinajstić information content (AvgIpc) is 3.07. The van der Waals surface area contributed by atoms with E-state index < -0.39 is 10.0 Å². The molecule has 0 spiro atoms. The Hall–Kier alpha value is -1.90. The fourth-order valence-electron chi connectivity index (χ4n) is 1.78. The van der Waals surface area contributed by atoms with Crippen molar-refractivity contribution in [2.24, 2.45) is 0 Å². The van der Waals surface area contributed by atoms with Gasteiger partial charge in [0.15, 0.2) is 0 Å². The first-order valence-corrected chi connectivity index (χ1v) is 9.26. The molecule has 8 heteroatoms. The molecule has 1 aromatic carbocycles. The normalized spacial score (nSPS) is 11.4. The standard InChI is InChI=1S/C15H18N2O4S2/c1-17(23(19,20)15-8-5-11-22-15)12-14(18)16-9-10-21-13-6-3-2-4-7-13/h2-8,11H,9-10,12H2,1H3,(H,16,18). The number of nitrogens with one attached hydrogen (secondary N) is 1. The van der Waals surface area contributed by atoms with E-state index in [1.54, 1.807) is 11.4 Å². The number of thiophene rings is 1. The van der Waals surface area contributed by atoms with E-state index in [1.165, 1.54) is 13.1 Å². The van der Waals surface area contributed by atoms with Crippen LogP contribution in [0.1, 0.15) is 0 Å². The largest absolute Gasteiger partial charge is 0.492 e. The first-order chi connectivity index (χ1) is 11.0. The van der Waals surface area contributed by atoms with Crippen molar-refractivity contribution >= 4 is 27.3 Å². The third-order valence-corrected chi connectivity index (χ3v) is 6.14. The summed E-state index contributed by atoms with van der Waals surface area (Å²) in [6.07, 6.45) is 0. The van der Waals surface area contributed by atoms with Crippen molar-refractivity contribution in [3.8, 4) is 5.75 Å². The van der Waals surface area contributed by atoms with E-state index in [0.29, 0.717) is 13.2 Å². The maximum absolute atomic E-state index is 12.2. The van der Waals surface area contributed by atoms with Crippen molar-refractivity contribution in [1.82, 2.24) is 9.62 Å². The second-order valence-electron chi connectivity index (χ2n) is 4.70. The lowest BCUT2D eigenvalue weighted by molar-refractivity contribution is -0.121. The van der Waals surface area contributed by atoms with Crippen molar-refractivity contribution in [2.75, 3.05) is 26.7 Å². The number of rotatable bonds is 8. The van der Waals surface area contributed by atoms with Gasteiger partial charge in [0.05, 0.1) is 13.1 Å². The summed E-state index contributed by atoms with van der Waals surface area (Å²) in [6.45, 7) is 0.392. The summed E-state index contributed by atoms with van der Waals surface area (Å²) in [5.41, 5.74) is 0. The molecular formula is C15H18N2O4S2. The lowest BCUT2D eigenvalue weighted by Crippen LogP contribution is -2.39. The predicted octanol–water partition coefficient (Wildman–Crippen LogP) is 1.56. The van der Waals surface area contributed by atoms with E-state index in [0.717, 1.165) is 21.4 Å². The average molecular weight is 354 g/mol. The van der Waals surface area contributed by atoms with Gasteiger partial charge in [-0.3, -0.25) is 4.79 Å². The van der Waals surface area contributed by atoms with E-state index >= 15 is 0 Å². The molecule has 2 aromatic rings. The number of benzene rings is 1. The molecule has 1 heterocycles. The molecule has 0 atom stereocenters. The molecule has 0 aliphatic heterocycles. The number of carbonyl (C=O) groups excluding carboxylic acids is 1. The second-order valence-corrected chi connectivity index (χ2v) is 7.92. The number of likely N-dealkylation sites (N-methyl/N-ethyl adjacent to an activating group) is 1. The smallest absolute Gasteiger partial charge is 0.252 e. The summed E-state index contributed by atoms with van der Waals surface area (Å²) < 4.78 is 31.0. The number of ether oxygens (including phenoxy) is 1. The summed E-state index contributed by atoms with van der Waals surface area (Å²) >= 11 is 1.12. The maximum atomic E-state index is 12.2. The third kappa shape index (κ3) is 5.05.